The van der Waals surface area contributed by atoms with Gasteiger partial charge < -0.3 is 26.2 Å². The monoisotopic (exact) mass is 650 g/mol. The summed E-state index contributed by atoms with van der Waals surface area (Å²) < 4.78 is 60.3. The molecule has 2 aromatic rings. The largest absolute Gasteiger partial charge is 0.444 e. The molecule has 0 unspecified atom stereocenters. The molecule has 0 fully saturated rings. The minimum absolute atomic E-state index is 0.0603. The average Bonchev–Trinajstić information content (AvgIpc) is 2.80. The first-order valence-corrected chi connectivity index (χ1v) is 12.7. The third-order valence-electron chi connectivity index (χ3n) is 5.17. The van der Waals surface area contributed by atoms with Crippen molar-refractivity contribution in [2.24, 2.45) is 10.7 Å². The predicted molar refractivity (Wildman–Crippen MR) is 147 cm³/mol. The summed E-state index contributed by atoms with van der Waals surface area (Å²) in [4.78, 5) is 15.3. The highest BCUT2D eigenvalue weighted by Crippen LogP contribution is 2.21. The molecule has 0 saturated heterocycles. The molecule has 1 amide bonds. The molecule has 0 spiro atoms. The van der Waals surface area contributed by atoms with Gasteiger partial charge in [-0.05, 0) is 85.2 Å². The first-order valence-electron chi connectivity index (χ1n) is 11.6. The SMILES string of the molecule is CC(C)(C)OC(=O)N[C@@H](Cc1ccc(I)cc1)[C@@H](O)CNCc1c(F)cc(C(C=NC(F)F)=CN)cc1F. The van der Waals surface area contributed by atoms with E-state index in [0.29, 0.717) is 0 Å². The molecule has 0 aromatic heterocycles. The Morgan fingerprint density at radius 1 is 1.18 bits per heavy atom. The molecular weight excluding hydrogens is 619 g/mol. The minimum atomic E-state index is -2.99. The van der Waals surface area contributed by atoms with Gasteiger partial charge >= 0.3 is 12.6 Å². The molecule has 38 heavy (non-hydrogen) atoms. The molecule has 0 bridgehead atoms. The summed E-state index contributed by atoms with van der Waals surface area (Å²) in [5.41, 5.74) is 5.03. The number of ether oxygens (including phenoxy) is 1. The van der Waals surface area contributed by atoms with Gasteiger partial charge in [-0.15, -0.1) is 0 Å². The van der Waals surface area contributed by atoms with Gasteiger partial charge in [-0.1, -0.05) is 12.1 Å². The fourth-order valence-corrected chi connectivity index (χ4v) is 3.75. The molecule has 2 aromatic carbocycles. The standard InChI is InChI=1S/C26H31F4IN4O3/c1-26(2,3)38-25(37)35-22(8-15-4-6-18(31)7-5-15)23(36)14-33-13-19-20(27)9-16(10-21(19)28)17(11-32)12-34-24(29)30/h4-7,9-12,22-24,33,36H,8,13-14,32H2,1-3H3,(H,35,37)/t22-,23-/m0/s1. The van der Waals surface area contributed by atoms with Crippen molar-refractivity contribution in [1.82, 2.24) is 10.6 Å². The molecule has 0 aliphatic carbocycles. The molecule has 0 heterocycles. The third-order valence-corrected chi connectivity index (χ3v) is 5.89. The minimum Gasteiger partial charge on any atom is -0.444 e. The van der Waals surface area contributed by atoms with Crippen molar-refractivity contribution >= 4 is 40.5 Å². The number of nitrogens with zero attached hydrogens (tertiary/aromatic N) is 1. The van der Waals surface area contributed by atoms with Gasteiger partial charge in [0.2, 0.25) is 0 Å². The second-order valence-electron chi connectivity index (χ2n) is 9.38. The Kier molecular flexibility index (Phi) is 12.0. The maximum atomic E-state index is 14.7. The summed E-state index contributed by atoms with van der Waals surface area (Å²) in [6.45, 7) is 1.75. The number of nitrogens with one attached hydrogen (secondary N) is 2. The maximum Gasteiger partial charge on any atom is 0.407 e. The number of aliphatic hydroxyl groups is 1. The van der Waals surface area contributed by atoms with E-state index in [4.69, 9.17) is 10.5 Å². The van der Waals surface area contributed by atoms with Crippen molar-refractivity contribution < 1.29 is 32.2 Å². The number of amides is 1. The number of carbonyl (C=O) groups is 1. The lowest BCUT2D eigenvalue weighted by Crippen LogP contribution is -2.50. The van der Waals surface area contributed by atoms with E-state index in [0.717, 1.165) is 33.7 Å². The number of halogens is 5. The highest BCUT2D eigenvalue weighted by Gasteiger charge is 2.25. The van der Waals surface area contributed by atoms with Gasteiger partial charge in [0.15, 0.2) is 0 Å². The van der Waals surface area contributed by atoms with Crippen LogP contribution in [0, 0.1) is 15.2 Å². The number of hydrogen-bond acceptors (Lipinski definition) is 6. The summed E-state index contributed by atoms with van der Waals surface area (Å²) in [5.74, 6) is -1.87. The van der Waals surface area contributed by atoms with Crippen LogP contribution in [0.3, 0.4) is 0 Å². The van der Waals surface area contributed by atoms with Crippen LogP contribution in [0.15, 0.2) is 47.6 Å². The Hall–Kier alpha value is -2.71. The Morgan fingerprint density at radius 2 is 1.79 bits per heavy atom. The number of alkyl halides is 2. The van der Waals surface area contributed by atoms with Gasteiger partial charge in [0.25, 0.3) is 0 Å². The Morgan fingerprint density at radius 3 is 2.32 bits per heavy atom. The predicted octanol–water partition coefficient (Wildman–Crippen LogP) is 4.75. The van der Waals surface area contributed by atoms with Gasteiger partial charge in [0.05, 0.1) is 12.1 Å². The average molecular weight is 650 g/mol. The lowest BCUT2D eigenvalue weighted by molar-refractivity contribution is 0.0422. The van der Waals surface area contributed by atoms with E-state index in [1.165, 1.54) is 0 Å². The molecule has 2 atom stereocenters. The van der Waals surface area contributed by atoms with Crippen molar-refractivity contribution in [1.29, 1.82) is 0 Å². The van der Waals surface area contributed by atoms with Crippen molar-refractivity contribution in [3.63, 3.8) is 0 Å². The van der Waals surface area contributed by atoms with Gasteiger partial charge in [0, 0.05) is 40.2 Å². The number of allylic oxidation sites excluding steroid dienone is 1. The maximum absolute atomic E-state index is 14.7. The zero-order valence-corrected chi connectivity index (χ0v) is 23.3. The summed E-state index contributed by atoms with van der Waals surface area (Å²) in [5, 5.41) is 16.3. The highest BCUT2D eigenvalue weighted by atomic mass is 127. The van der Waals surface area contributed by atoms with Crippen molar-refractivity contribution in [3.05, 3.63) is 74.5 Å². The fraction of sp³-hybridized carbons (Fsp3) is 0.385. The zero-order chi connectivity index (χ0) is 28.5. The number of alkyl carbamates (subject to hydrolysis) is 1. The van der Waals surface area contributed by atoms with Gasteiger partial charge in [-0.25, -0.2) is 18.6 Å². The number of aliphatic hydroxyl groups excluding tert-OH is 1. The number of aliphatic imine (C=N–C) groups is 1. The second kappa shape index (κ2) is 14.4. The van der Waals surface area contributed by atoms with Crippen LogP contribution < -0.4 is 16.4 Å². The van der Waals surface area contributed by atoms with Gasteiger partial charge in [-0.3, -0.25) is 0 Å². The third kappa shape index (κ3) is 10.6. The number of nitrogens with two attached hydrogens (primary N) is 1. The van der Waals surface area contributed by atoms with Gasteiger partial charge in [-0.2, -0.15) is 8.78 Å². The van der Waals surface area contributed by atoms with Crippen LogP contribution in [-0.2, 0) is 17.7 Å². The molecule has 2 rings (SSSR count). The number of rotatable bonds is 11. The van der Waals surface area contributed by atoms with Crippen LogP contribution in [0.2, 0.25) is 0 Å². The Balaban J connectivity index is 2.11. The lowest BCUT2D eigenvalue weighted by Gasteiger charge is -2.27. The van der Waals surface area contributed by atoms with Crippen LogP contribution >= 0.6 is 22.6 Å². The van der Waals surface area contributed by atoms with Crippen molar-refractivity contribution in [2.45, 2.75) is 58.0 Å². The molecule has 0 aliphatic heterocycles. The summed E-state index contributed by atoms with van der Waals surface area (Å²) in [6, 6.07) is 8.67. The Bertz CT molecular complexity index is 1120. The smallest absolute Gasteiger partial charge is 0.407 e. The van der Waals surface area contributed by atoms with E-state index in [-0.39, 0.29) is 36.2 Å². The van der Waals surface area contributed by atoms with Crippen molar-refractivity contribution in [2.75, 3.05) is 6.54 Å². The normalized spacial score (nSPS) is 14.1. The molecule has 12 heteroatoms. The van der Waals surface area contributed by atoms with Crippen LogP contribution in [0.5, 0.6) is 0 Å². The fourth-order valence-electron chi connectivity index (χ4n) is 3.39. The van der Waals surface area contributed by atoms with Crippen LogP contribution in [-0.4, -0.2) is 48.3 Å². The molecular formula is C26H31F4IN4O3. The number of carbonyl (C=O) groups excluding carboxylic acids is 1. The van der Waals surface area contributed by atoms with Crippen molar-refractivity contribution in [3.8, 4) is 0 Å². The topological polar surface area (TPSA) is 109 Å². The molecule has 0 aliphatic rings. The second-order valence-corrected chi connectivity index (χ2v) is 10.6. The first kappa shape index (κ1) is 31.5. The molecule has 7 nitrogen and oxygen atoms in total. The summed E-state index contributed by atoms with van der Waals surface area (Å²) in [7, 11) is 0. The van der Waals surface area contributed by atoms with E-state index >= 15 is 0 Å². The van der Waals surface area contributed by atoms with Crippen LogP contribution in [0.25, 0.3) is 5.57 Å². The molecule has 0 radical (unpaired) electrons. The lowest BCUT2D eigenvalue weighted by atomic mass is 10.0. The highest BCUT2D eigenvalue weighted by molar-refractivity contribution is 14.1. The molecule has 5 N–H and O–H groups in total. The van der Waals surface area contributed by atoms with E-state index in [9.17, 15) is 27.5 Å². The number of hydrogen-bond donors (Lipinski definition) is 4. The molecule has 0 saturated carbocycles. The number of benzene rings is 2. The van der Waals surface area contributed by atoms with E-state index < -0.39 is 42.0 Å². The van der Waals surface area contributed by atoms with E-state index in [1.807, 2.05) is 24.3 Å². The summed E-state index contributed by atoms with van der Waals surface area (Å²) >= 11 is 2.17. The molecule has 208 valence electrons. The Labute approximate surface area is 232 Å². The van der Waals surface area contributed by atoms with Crippen LogP contribution in [0.1, 0.15) is 37.5 Å². The summed E-state index contributed by atoms with van der Waals surface area (Å²) in [6.07, 6.45) is 0.0897. The van der Waals surface area contributed by atoms with Crippen LogP contribution in [0.4, 0.5) is 22.4 Å². The zero-order valence-electron chi connectivity index (χ0n) is 21.2. The quantitative estimate of drug-likeness (QED) is 0.122. The van der Waals surface area contributed by atoms with E-state index in [1.54, 1.807) is 20.8 Å². The van der Waals surface area contributed by atoms with E-state index in [2.05, 4.69) is 38.2 Å². The van der Waals surface area contributed by atoms with Gasteiger partial charge in [0.1, 0.15) is 17.2 Å². The first-order chi connectivity index (χ1) is 17.8.